The number of nitrogens with zero attached hydrogens (tertiary/aromatic N) is 1. The Morgan fingerprint density at radius 1 is 1.11 bits per heavy atom. The molecule has 1 aliphatic heterocycles. The predicted molar refractivity (Wildman–Crippen MR) is 83.2 cm³/mol. The van der Waals surface area contributed by atoms with Gasteiger partial charge in [0.15, 0.2) is 0 Å². The summed E-state index contributed by atoms with van der Waals surface area (Å²) in [7, 11) is 0. The largest absolute Gasteiger partial charge is 0.329 e. The van der Waals surface area contributed by atoms with E-state index >= 15 is 0 Å². The molecule has 19 heavy (non-hydrogen) atoms. The van der Waals surface area contributed by atoms with Crippen LogP contribution < -0.4 is 5.73 Å². The number of rotatable bonds is 3. The second-order valence-electron chi connectivity index (χ2n) is 7.48. The fourth-order valence-electron chi connectivity index (χ4n) is 4.57. The summed E-state index contributed by atoms with van der Waals surface area (Å²) in [5.41, 5.74) is 6.60. The molecule has 0 amide bonds. The second-order valence-corrected chi connectivity index (χ2v) is 7.48. The van der Waals surface area contributed by atoms with Crippen LogP contribution >= 0.6 is 0 Å². The fourth-order valence-corrected chi connectivity index (χ4v) is 4.57. The standard InChI is InChI=1S/C17H34N2/c1-4-16-6-5-8-17(13-18,9-7-16)19-11-14(2)10-15(3)12-19/h14-16H,4-13,18H2,1-3H3. The van der Waals surface area contributed by atoms with Crippen molar-refractivity contribution in [2.45, 2.75) is 71.3 Å². The Morgan fingerprint density at radius 3 is 2.37 bits per heavy atom. The Labute approximate surface area is 120 Å². The third-order valence-electron chi connectivity index (χ3n) is 5.77. The van der Waals surface area contributed by atoms with Gasteiger partial charge in [-0.1, -0.05) is 40.0 Å². The van der Waals surface area contributed by atoms with Crippen molar-refractivity contribution in [3.8, 4) is 0 Å². The molecule has 2 fully saturated rings. The molecular weight excluding hydrogens is 232 g/mol. The fraction of sp³-hybridized carbons (Fsp3) is 1.00. The smallest absolute Gasteiger partial charge is 0.0332 e. The maximum Gasteiger partial charge on any atom is 0.0332 e. The van der Waals surface area contributed by atoms with Crippen LogP contribution in [0.3, 0.4) is 0 Å². The minimum Gasteiger partial charge on any atom is -0.329 e. The molecule has 2 aliphatic rings. The molecule has 0 spiro atoms. The first-order valence-electron chi connectivity index (χ1n) is 8.54. The van der Waals surface area contributed by atoms with Gasteiger partial charge in [0.2, 0.25) is 0 Å². The lowest BCUT2D eigenvalue weighted by atomic mass is 9.82. The van der Waals surface area contributed by atoms with Crippen molar-refractivity contribution >= 4 is 0 Å². The van der Waals surface area contributed by atoms with Crippen molar-refractivity contribution in [2.24, 2.45) is 23.5 Å². The van der Waals surface area contributed by atoms with Gasteiger partial charge in [-0.25, -0.2) is 0 Å². The third kappa shape index (κ3) is 3.52. The van der Waals surface area contributed by atoms with Gasteiger partial charge in [-0.3, -0.25) is 4.90 Å². The van der Waals surface area contributed by atoms with E-state index in [0.29, 0.717) is 5.54 Å². The Morgan fingerprint density at radius 2 is 1.79 bits per heavy atom. The number of nitrogens with two attached hydrogens (primary N) is 1. The highest BCUT2D eigenvalue weighted by Gasteiger charge is 2.39. The summed E-state index contributed by atoms with van der Waals surface area (Å²) in [5.74, 6) is 2.64. The monoisotopic (exact) mass is 266 g/mol. The van der Waals surface area contributed by atoms with Crippen LogP contribution in [0.15, 0.2) is 0 Å². The third-order valence-corrected chi connectivity index (χ3v) is 5.77. The van der Waals surface area contributed by atoms with Crippen LogP contribution in [0.5, 0.6) is 0 Å². The van der Waals surface area contributed by atoms with E-state index in [0.717, 1.165) is 24.3 Å². The summed E-state index contributed by atoms with van der Waals surface area (Å²) in [5, 5.41) is 0. The molecule has 1 aliphatic carbocycles. The molecule has 1 heterocycles. The number of hydrogen-bond donors (Lipinski definition) is 1. The van der Waals surface area contributed by atoms with E-state index < -0.39 is 0 Å². The number of piperidine rings is 1. The van der Waals surface area contributed by atoms with Gasteiger partial charge in [0, 0.05) is 25.2 Å². The first kappa shape index (κ1) is 15.3. The topological polar surface area (TPSA) is 29.3 Å². The van der Waals surface area contributed by atoms with Crippen LogP contribution in [0.25, 0.3) is 0 Å². The van der Waals surface area contributed by atoms with Crippen LogP contribution in [0, 0.1) is 17.8 Å². The molecule has 4 atom stereocenters. The molecule has 0 radical (unpaired) electrons. The Bertz CT molecular complexity index is 268. The van der Waals surface area contributed by atoms with Crippen molar-refractivity contribution in [1.29, 1.82) is 0 Å². The van der Waals surface area contributed by atoms with E-state index in [-0.39, 0.29) is 0 Å². The molecule has 1 saturated heterocycles. The molecule has 2 heteroatoms. The molecule has 2 N–H and O–H groups in total. The molecule has 112 valence electrons. The van der Waals surface area contributed by atoms with Gasteiger partial charge >= 0.3 is 0 Å². The average molecular weight is 266 g/mol. The van der Waals surface area contributed by atoms with Crippen LogP contribution in [-0.4, -0.2) is 30.1 Å². The van der Waals surface area contributed by atoms with E-state index in [1.807, 2.05) is 0 Å². The van der Waals surface area contributed by atoms with Gasteiger partial charge < -0.3 is 5.73 Å². The number of likely N-dealkylation sites (tertiary alicyclic amines) is 1. The predicted octanol–water partition coefficient (Wildman–Crippen LogP) is 3.65. The Balaban J connectivity index is 2.08. The molecule has 0 aromatic heterocycles. The summed E-state index contributed by atoms with van der Waals surface area (Å²) in [4.78, 5) is 2.78. The van der Waals surface area contributed by atoms with E-state index in [1.165, 1.54) is 58.0 Å². The summed E-state index contributed by atoms with van der Waals surface area (Å²) in [6, 6.07) is 0. The van der Waals surface area contributed by atoms with Gasteiger partial charge in [0.05, 0.1) is 0 Å². The Kier molecular flexibility index (Phi) is 5.30. The van der Waals surface area contributed by atoms with Crippen LogP contribution in [-0.2, 0) is 0 Å². The Hall–Kier alpha value is -0.0800. The van der Waals surface area contributed by atoms with Crippen molar-refractivity contribution in [3.05, 3.63) is 0 Å². The quantitative estimate of drug-likeness (QED) is 0.790. The summed E-state index contributed by atoms with van der Waals surface area (Å²) in [6.45, 7) is 10.6. The lowest BCUT2D eigenvalue weighted by Crippen LogP contribution is -2.58. The summed E-state index contributed by atoms with van der Waals surface area (Å²) in [6.07, 6.45) is 9.63. The van der Waals surface area contributed by atoms with Crippen LogP contribution in [0.1, 0.15) is 65.7 Å². The average Bonchev–Trinajstić information content (AvgIpc) is 2.60. The van der Waals surface area contributed by atoms with Crippen LogP contribution in [0.4, 0.5) is 0 Å². The van der Waals surface area contributed by atoms with Crippen LogP contribution in [0.2, 0.25) is 0 Å². The summed E-state index contributed by atoms with van der Waals surface area (Å²) >= 11 is 0. The molecular formula is C17H34N2. The summed E-state index contributed by atoms with van der Waals surface area (Å²) < 4.78 is 0. The zero-order valence-electron chi connectivity index (χ0n) is 13.3. The highest BCUT2D eigenvalue weighted by Crippen LogP contribution is 2.38. The first-order chi connectivity index (χ1) is 9.09. The van der Waals surface area contributed by atoms with Crippen molar-refractivity contribution < 1.29 is 0 Å². The van der Waals surface area contributed by atoms with Gasteiger partial charge in [0.1, 0.15) is 0 Å². The lowest BCUT2D eigenvalue weighted by Gasteiger charge is -2.48. The van der Waals surface area contributed by atoms with Crippen molar-refractivity contribution in [3.63, 3.8) is 0 Å². The SMILES string of the molecule is CCC1CCCC(CN)(N2CC(C)CC(C)C2)CC1. The highest BCUT2D eigenvalue weighted by atomic mass is 15.2. The molecule has 0 aromatic rings. The molecule has 1 saturated carbocycles. The minimum atomic E-state index is 0.326. The van der Waals surface area contributed by atoms with E-state index in [1.54, 1.807) is 0 Å². The van der Waals surface area contributed by atoms with E-state index in [4.69, 9.17) is 5.73 Å². The van der Waals surface area contributed by atoms with Gasteiger partial charge in [-0.2, -0.15) is 0 Å². The number of hydrogen-bond acceptors (Lipinski definition) is 2. The minimum absolute atomic E-state index is 0.326. The van der Waals surface area contributed by atoms with Crippen molar-refractivity contribution in [1.82, 2.24) is 4.90 Å². The molecule has 0 aromatic carbocycles. The zero-order chi connectivity index (χ0) is 13.9. The first-order valence-corrected chi connectivity index (χ1v) is 8.54. The van der Waals surface area contributed by atoms with Gasteiger partial charge in [-0.15, -0.1) is 0 Å². The molecule has 0 bridgehead atoms. The normalized spacial score (nSPS) is 42.0. The van der Waals surface area contributed by atoms with Crippen molar-refractivity contribution in [2.75, 3.05) is 19.6 Å². The molecule has 2 rings (SSSR count). The van der Waals surface area contributed by atoms with E-state index in [9.17, 15) is 0 Å². The molecule has 4 unspecified atom stereocenters. The maximum atomic E-state index is 6.27. The highest BCUT2D eigenvalue weighted by molar-refractivity contribution is 4.96. The second kappa shape index (κ2) is 6.58. The van der Waals surface area contributed by atoms with Gasteiger partial charge in [-0.05, 0) is 43.4 Å². The zero-order valence-corrected chi connectivity index (χ0v) is 13.3. The maximum absolute atomic E-state index is 6.27. The molecule has 2 nitrogen and oxygen atoms in total. The van der Waals surface area contributed by atoms with Gasteiger partial charge in [0.25, 0.3) is 0 Å². The van der Waals surface area contributed by atoms with E-state index in [2.05, 4.69) is 25.7 Å². The lowest BCUT2D eigenvalue weighted by molar-refractivity contribution is 0.0180.